The molecule has 0 unspecified atom stereocenters. The van der Waals surface area contributed by atoms with Crippen molar-refractivity contribution in [2.75, 3.05) is 11.9 Å². The number of benzene rings is 3. The van der Waals surface area contributed by atoms with Gasteiger partial charge < -0.3 is 10.1 Å². The Morgan fingerprint density at radius 3 is 2.06 bits per heavy atom. The highest BCUT2D eigenvalue weighted by Crippen LogP contribution is 2.36. The maximum absolute atomic E-state index is 13.1. The van der Waals surface area contributed by atoms with Gasteiger partial charge in [0.2, 0.25) is 0 Å². The molecule has 3 aromatic carbocycles. The number of carbonyl (C=O) groups is 2. The highest BCUT2D eigenvalue weighted by Gasteiger charge is 2.34. The lowest BCUT2D eigenvalue weighted by atomic mass is 10.0. The molecule has 0 saturated heterocycles. The number of amides is 1. The van der Waals surface area contributed by atoms with Crippen LogP contribution in [0.15, 0.2) is 66.7 Å². The van der Waals surface area contributed by atoms with Crippen molar-refractivity contribution in [2.45, 2.75) is 6.18 Å². The fourth-order valence-corrected chi connectivity index (χ4v) is 2.84. The van der Waals surface area contributed by atoms with Crippen LogP contribution in [-0.2, 0) is 11.0 Å². The lowest BCUT2D eigenvalue weighted by Gasteiger charge is -2.14. The van der Waals surface area contributed by atoms with Gasteiger partial charge in [-0.3, -0.25) is 9.59 Å². The van der Waals surface area contributed by atoms with Crippen LogP contribution in [0.3, 0.4) is 0 Å². The van der Waals surface area contributed by atoms with Gasteiger partial charge in [-0.1, -0.05) is 11.6 Å². The summed E-state index contributed by atoms with van der Waals surface area (Å²) in [4.78, 5) is 24.4. The van der Waals surface area contributed by atoms with E-state index in [9.17, 15) is 27.2 Å². The van der Waals surface area contributed by atoms with Crippen LogP contribution in [0.2, 0.25) is 5.02 Å². The largest absolute Gasteiger partial charge is 0.484 e. The molecule has 160 valence electrons. The molecule has 0 aliphatic heterocycles. The Morgan fingerprint density at radius 2 is 1.48 bits per heavy atom. The molecule has 0 fully saturated rings. The van der Waals surface area contributed by atoms with Gasteiger partial charge in [-0.2, -0.15) is 13.2 Å². The Kier molecular flexibility index (Phi) is 6.60. The van der Waals surface area contributed by atoms with Crippen molar-refractivity contribution >= 4 is 29.0 Å². The van der Waals surface area contributed by atoms with Crippen LogP contribution in [0.1, 0.15) is 21.5 Å². The van der Waals surface area contributed by atoms with E-state index in [1.807, 2.05) is 0 Å². The molecule has 0 atom stereocenters. The number of hydrogen-bond donors (Lipinski definition) is 1. The second kappa shape index (κ2) is 9.18. The number of anilines is 1. The van der Waals surface area contributed by atoms with Gasteiger partial charge in [-0.05, 0) is 66.7 Å². The molecule has 0 spiro atoms. The summed E-state index contributed by atoms with van der Waals surface area (Å²) in [6.07, 6.45) is -4.69. The molecular weight excluding hydrogens is 438 g/mol. The van der Waals surface area contributed by atoms with E-state index in [0.717, 1.165) is 12.1 Å². The predicted molar refractivity (Wildman–Crippen MR) is 107 cm³/mol. The van der Waals surface area contributed by atoms with Crippen LogP contribution in [0.5, 0.6) is 5.75 Å². The van der Waals surface area contributed by atoms with Crippen molar-refractivity contribution in [3.63, 3.8) is 0 Å². The van der Waals surface area contributed by atoms with Gasteiger partial charge in [0.15, 0.2) is 12.4 Å². The van der Waals surface area contributed by atoms with Crippen molar-refractivity contribution in [1.82, 2.24) is 0 Å². The lowest BCUT2D eigenvalue weighted by Crippen LogP contribution is -2.22. The molecular formula is C22H14ClF4NO3. The van der Waals surface area contributed by atoms with E-state index in [-0.39, 0.29) is 16.6 Å². The lowest BCUT2D eigenvalue weighted by molar-refractivity contribution is -0.137. The quantitative estimate of drug-likeness (QED) is 0.384. The molecule has 3 aromatic rings. The Hall–Kier alpha value is -3.39. The first-order valence-corrected chi connectivity index (χ1v) is 9.21. The Balaban J connectivity index is 1.61. The third-order valence-electron chi connectivity index (χ3n) is 4.15. The molecule has 0 bridgehead atoms. The van der Waals surface area contributed by atoms with E-state index >= 15 is 0 Å². The molecule has 0 saturated carbocycles. The monoisotopic (exact) mass is 451 g/mol. The highest BCUT2D eigenvalue weighted by atomic mass is 35.5. The minimum atomic E-state index is -4.69. The summed E-state index contributed by atoms with van der Waals surface area (Å²) in [5.41, 5.74) is -0.889. The first-order chi connectivity index (χ1) is 14.6. The van der Waals surface area contributed by atoms with Crippen LogP contribution in [0.25, 0.3) is 0 Å². The normalized spacial score (nSPS) is 11.1. The summed E-state index contributed by atoms with van der Waals surface area (Å²) < 4.78 is 57.5. The molecule has 1 amide bonds. The zero-order valence-electron chi connectivity index (χ0n) is 15.7. The fraction of sp³-hybridized carbons (Fsp3) is 0.0909. The Morgan fingerprint density at radius 1 is 0.903 bits per heavy atom. The Labute approximate surface area is 179 Å². The van der Waals surface area contributed by atoms with Crippen LogP contribution in [0.4, 0.5) is 23.2 Å². The minimum absolute atomic E-state index is 0.114. The molecule has 0 aliphatic carbocycles. The number of hydrogen-bond acceptors (Lipinski definition) is 3. The highest BCUT2D eigenvalue weighted by molar-refractivity contribution is 6.30. The smallest absolute Gasteiger partial charge is 0.418 e. The maximum Gasteiger partial charge on any atom is 0.418 e. The molecule has 0 aliphatic rings. The summed E-state index contributed by atoms with van der Waals surface area (Å²) in [5, 5.41) is 2.03. The zero-order chi connectivity index (χ0) is 22.6. The molecule has 4 nitrogen and oxygen atoms in total. The van der Waals surface area contributed by atoms with Gasteiger partial charge in [0.25, 0.3) is 5.91 Å². The second-order valence-electron chi connectivity index (χ2n) is 6.38. The van der Waals surface area contributed by atoms with Crippen LogP contribution in [0, 0.1) is 5.82 Å². The zero-order valence-corrected chi connectivity index (χ0v) is 16.4. The number of halogens is 5. The van der Waals surface area contributed by atoms with Crippen LogP contribution < -0.4 is 10.1 Å². The molecule has 3 rings (SSSR count). The third kappa shape index (κ3) is 5.82. The fourth-order valence-electron chi connectivity index (χ4n) is 2.67. The average molecular weight is 452 g/mol. The van der Waals surface area contributed by atoms with Gasteiger partial charge in [0.05, 0.1) is 11.3 Å². The molecule has 31 heavy (non-hydrogen) atoms. The van der Waals surface area contributed by atoms with E-state index in [4.69, 9.17) is 16.3 Å². The van der Waals surface area contributed by atoms with Crippen molar-refractivity contribution in [3.05, 3.63) is 94.3 Å². The minimum Gasteiger partial charge on any atom is -0.484 e. The molecule has 0 aromatic heterocycles. The number of carbonyl (C=O) groups excluding carboxylic acids is 2. The maximum atomic E-state index is 13.1. The summed E-state index contributed by atoms with van der Waals surface area (Å²) in [6, 6.07) is 13.9. The van der Waals surface area contributed by atoms with Crippen LogP contribution >= 0.6 is 11.6 Å². The van der Waals surface area contributed by atoms with Gasteiger partial charge in [0, 0.05) is 16.1 Å². The predicted octanol–water partition coefficient (Wildman–Crippen LogP) is 5.75. The average Bonchev–Trinajstić information content (AvgIpc) is 2.73. The molecule has 0 heterocycles. The van der Waals surface area contributed by atoms with Crippen molar-refractivity contribution < 1.29 is 31.9 Å². The second-order valence-corrected chi connectivity index (χ2v) is 6.82. The first-order valence-electron chi connectivity index (χ1n) is 8.83. The van der Waals surface area contributed by atoms with Crippen LogP contribution in [-0.4, -0.2) is 18.3 Å². The number of rotatable bonds is 6. The summed E-state index contributed by atoms with van der Waals surface area (Å²) in [7, 11) is 0. The van der Waals surface area contributed by atoms with E-state index in [1.54, 1.807) is 0 Å². The topological polar surface area (TPSA) is 55.4 Å². The van der Waals surface area contributed by atoms with E-state index < -0.39 is 35.8 Å². The molecule has 9 heteroatoms. The first kappa shape index (κ1) is 22.3. The third-order valence-corrected chi connectivity index (χ3v) is 4.39. The van der Waals surface area contributed by atoms with Crippen molar-refractivity contribution in [2.24, 2.45) is 0 Å². The van der Waals surface area contributed by atoms with Gasteiger partial charge in [0.1, 0.15) is 11.6 Å². The van der Waals surface area contributed by atoms with Gasteiger partial charge in [-0.15, -0.1) is 0 Å². The van der Waals surface area contributed by atoms with E-state index in [0.29, 0.717) is 11.1 Å². The van der Waals surface area contributed by atoms with E-state index in [2.05, 4.69) is 5.32 Å². The number of ether oxygens (including phenoxy) is 1. The molecule has 1 N–H and O–H groups in total. The standard InChI is InChI=1S/C22H14ClF4NO3/c23-15-5-10-19(18(11-15)22(25,26)27)28-20(29)12-31-17-8-3-14(4-9-17)21(30)13-1-6-16(24)7-2-13/h1-11H,12H2,(H,28,29). The number of ketones is 1. The van der Waals surface area contributed by atoms with Crippen molar-refractivity contribution in [1.29, 1.82) is 0 Å². The summed E-state index contributed by atoms with van der Waals surface area (Å²) >= 11 is 5.60. The molecule has 0 radical (unpaired) electrons. The SMILES string of the molecule is O=C(COc1ccc(C(=O)c2ccc(F)cc2)cc1)Nc1ccc(Cl)cc1C(F)(F)F. The van der Waals surface area contributed by atoms with Crippen molar-refractivity contribution in [3.8, 4) is 5.75 Å². The van der Waals surface area contributed by atoms with E-state index in [1.165, 1.54) is 54.6 Å². The Bertz CT molecular complexity index is 1100. The summed E-state index contributed by atoms with van der Waals surface area (Å²) in [6.45, 7) is -0.550. The number of nitrogens with one attached hydrogen (secondary N) is 1. The van der Waals surface area contributed by atoms with Gasteiger partial charge >= 0.3 is 6.18 Å². The summed E-state index contributed by atoms with van der Waals surface area (Å²) in [5.74, 6) is -1.36. The van der Waals surface area contributed by atoms with Gasteiger partial charge in [-0.25, -0.2) is 4.39 Å². The number of alkyl halides is 3.